The molecule has 0 heterocycles. The number of ether oxygens (including phenoxy) is 3. The van der Waals surface area contributed by atoms with Crippen LogP contribution in [-0.2, 0) is 0 Å². The van der Waals surface area contributed by atoms with Gasteiger partial charge in [0.1, 0.15) is 0 Å². The Kier molecular flexibility index (Phi) is 7.48. The van der Waals surface area contributed by atoms with Crippen molar-refractivity contribution in [3.05, 3.63) is 52.0 Å². The summed E-state index contributed by atoms with van der Waals surface area (Å²) in [6.45, 7) is 0.558. The zero-order valence-electron chi connectivity index (χ0n) is 15.3. The average Bonchev–Trinajstić information content (AvgIpc) is 2.69. The number of hydrogen-bond donors (Lipinski definition) is 2. The highest BCUT2D eigenvalue weighted by Gasteiger charge is 2.17. The van der Waals surface area contributed by atoms with Crippen LogP contribution in [0.5, 0.6) is 17.2 Å². The first-order chi connectivity index (χ1) is 13.0. The maximum absolute atomic E-state index is 12.4. The number of methoxy groups -OCH3 is 3. The normalized spacial score (nSPS) is 10.1. The molecule has 8 heteroatoms. The van der Waals surface area contributed by atoms with Crippen LogP contribution in [0.15, 0.2) is 40.9 Å². The van der Waals surface area contributed by atoms with Gasteiger partial charge >= 0.3 is 0 Å². The molecule has 0 fully saturated rings. The van der Waals surface area contributed by atoms with E-state index in [-0.39, 0.29) is 24.9 Å². The Balaban J connectivity index is 1.94. The highest BCUT2D eigenvalue weighted by atomic mass is 79.9. The second-order valence-corrected chi connectivity index (χ2v) is 6.26. The molecule has 0 aliphatic carbocycles. The summed E-state index contributed by atoms with van der Waals surface area (Å²) >= 11 is 3.33. The third-order valence-corrected chi connectivity index (χ3v) is 4.43. The maximum Gasteiger partial charge on any atom is 0.252 e. The summed E-state index contributed by atoms with van der Waals surface area (Å²) in [5.41, 5.74) is 0.898. The summed E-state index contributed by atoms with van der Waals surface area (Å²) in [5.74, 6) is 0.666. The Hall–Kier alpha value is -2.74. The minimum atomic E-state index is -0.315. The molecule has 0 atom stereocenters. The van der Waals surface area contributed by atoms with E-state index < -0.39 is 0 Å². The molecule has 2 rings (SSSR count). The number of benzene rings is 2. The predicted molar refractivity (Wildman–Crippen MR) is 105 cm³/mol. The van der Waals surface area contributed by atoms with Crippen LogP contribution in [0.25, 0.3) is 0 Å². The molecule has 0 aliphatic rings. The quantitative estimate of drug-likeness (QED) is 0.621. The summed E-state index contributed by atoms with van der Waals surface area (Å²) in [6.07, 6.45) is 0. The summed E-state index contributed by atoms with van der Waals surface area (Å²) < 4.78 is 16.4. The molecule has 0 radical (unpaired) electrons. The van der Waals surface area contributed by atoms with Crippen molar-refractivity contribution in [1.29, 1.82) is 0 Å². The van der Waals surface area contributed by atoms with Gasteiger partial charge in [0.05, 0.1) is 26.9 Å². The smallest absolute Gasteiger partial charge is 0.252 e. The van der Waals surface area contributed by atoms with E-state index >= 15 is 0 Å². The molecule has 7 nitrogen and oxygen atoms in total. The van der Waals surface area contributed by atoms with Crippen LogP contribution in [0, 0.1) is 0 Å². The lowest BCUT2D eigenvalue weighted by molar-refractivity contribution is 0.0927. The lowest BCUT2D eigenvalue weighted by atomic mass is 10.1. The topological polar surface area (TPSA) is 85.9 Å². The minimum Gasteiger partial charge on any atom is -0.493 e. The molecule has 2 N–H and O–H groups in total. The average molecular weight is 437 g/mol. The Morgan fingerprint density at radius 1 is 0.889 bits per heavy atom. The van der Waals surface area contributed by atoms with Gasteiger partial charge in [0.15, 0.2) is 11.5 Å². The van der Waals surface area contributed by atoms with Gasteiger partial charge in [-0.1, -0.05) is 12.1 Å². The zero-order valence-corrected chi connectivity index (χ0v) is 16.9. The lowest BCUT2D eigenvalue weighted by Crippen LogP contribution is -2.34. The Bertz CT molecular complexity index is 800. The van der Waals surface area contributed by atoms with Crippen molar-refractivity contribution in [1.82, 2.24) is 10.6 Å². The number of hydrogen-bond acceptors (Lipinski definition) is 5. The van der Waals surface area contributed by atoms with Crippen LogP contribution < -0.4 is 24.8 Å². The molecule has 0 saturated carbocycles. The monoisotopic (exact) mass is 436 g/mol. The number of carbonyl (C=O) groups excluding carboxylic acids is 2. The van der Waals surface area contributed by atoms with Gasteiger partial charge in [-0.15, -0.1) is 0 Å². The van der Waals surface area contributed by atoms with E-state index in [1.54, 1.807) is 30.3 Å². The molecule has 2 aromatic rings. The number of nitrogens with one attached hydrogen (secondary N) is 2. The van der Waals surface area contributed by atoms with Crippen LogP contribution in [-0.4, -0.2) is 46.2 Å². The molecule has 0 saturated heterocycles. The lowest BCUT2D eigenvalue weighted by Gasteiger charge is -2.14. The fourth-order valence-electron chi connectivity index (χ4n) is 2.41. The number of carbonyl (C=O) groups is 2. The fraction of sp³-hybridized carbons (Fsp3) is 0.263. The van der Waals surface area contributed by atoms with Crippen LogP contribution in [0.3, 0.4) is 0 Å². The summed E-state index contributed by atoms with van der Waals surface area (Å²) in [5, 5.41) is 5.50. The third-order valence-electron chi connectivity index (χ3n) is 3.74. The first-order valence-electron chi connectivity index (χ1n) is 8.12. The van der Waals surface area contributed by atoms with Crippen molar-refractivity contribution in [3.63, 3.8) is 0 Å². The molecule has 2 aromatic carbocycles. The molecule has 2 amide bonds. The molecule has 27 heavy (non-hydrogen) atoms. The highest BCUT2D eigenvalue weighted by Crippen LogP contribution is 2.38. The molecular formula is C19H21BrN2O5. The minimum absolute atomic E-state index is 0.218. The van der Waals surface area contributed by atoms with Crippen LogP contribution in [0.4, 0.5) is 0 Å². The highest BCUT2D eigenvalue weighted by molar-refractivity contribution is 9.10. The van der Waals surface area contributed by atoms with E-state index in [2.05, 4.69) is 26.6 Å². The molecule has 0 bridgehead atoms. The van der Waals surface area contributed by atoms with E-state index in [1.165, 1.54) is 21.3 Å². The van der Waals surface area contributed by atoms with Gasteiger partial charge in [-0.25, -0.2) is 0 Å². The maximum atomic E-state index is 12.4. The van der Waals surface area contributed by atoms with Crippen LogP contribution >= 0.6 is 15.9 Å². The SMILES string of the molecule is COc1cc(C(=O)NCCNC(=O)c2ccccc2Br)cc(OC)c1OC. The van der Waals surface area contributed by atoms with Crippen molar-refractivity contribution in [2.75, 3.05) is 34.4 Å². The van der Waals surface area contributed by atoms with E-state index in [9.17, 15) is 9.59 Å². The summed E-state index contributed by atoms with van der Waals surface area (Å²) in [6, 6.07) is 10.3. The second-order valence-electron chi connectivity index (χ2n) is 5.41. The zero-order chi connectivity index (χ0) is 19.8. The first kappa shape index (κ1) is 20.6. The fourth-order valence-corrected chi connectivity index (χ4v) is 2.87. The van der Waals surface area contributed by atoms with E-state index in [0.717, 1.165) is 0 Å². The summed E-state index contributed by atoms with van der Waals surface area (Å²) in [4.78, 5) is 24.5. The van der Waals surface area contributed by atoms with Crippen molar-refractivity contribution < 1.29 is 23.8 Å². The Labute approximate surface area is 166 Å². The second kappa shape index (κ2) is 9.82. The van der Waals surface area contributed by atoms with Crippen molar-refractivity contribution in [2.24, 2.45) is 0 Å². The number of rotatable bonds is 8. The van der Waals surface area contributed by atoms with E-state index in [1.807, 2.05) is 6.07 Å². The van der Waals surface area contributed by atoms with Gasteiger partial charge in [-0.2, -0.15) is 0 Å². The molecule has 0 aromatic heterocycles. The molecule has 144 valence electrons. The molecule has 0 unspecified atom stereocenters. The largest absolute Gasteiger partial charge is 0.493 e. The summed E-state index contributed by atoms with van der Waals surface area (Å²) in [7, 11) is 4.46. The number of halogens is 1. The van der Waals surface area contributed by atoms with Gasteiger partial charge < -0.3 is 24.8 Å². The van der Waals surface area contributed by atoms with Crippen molar-refractivity contribution >= 4 is 27.7 Å². The van der Waals surface area contributed by atoms with Crippen LogP contribution in [0.1, 0.15) is 20.7 Å². The van der Waals surface area contributed by atoms with Crippen molar-refractivity contribution in [3.8, 4) is 17.2 Å². The Morgan fingerprint density at radius 3 is 1.96 bits per heavy atom. The van der Waals surface area contributed by atoms with E-state index in [4.69, 9.17) is 14.2 Å². The standard InChI is InChI=1S/C19H21BrN2O5/c1-25-15-10-12(11-16(26-2)17(15)27-3)18(23)21-8-9-22-19(24)13-6-4-5-7-14(13)20/h4-7,10-11H,8-9H2,1-3H3,(H,21,23)(H,22,24). The van der Waals surface area contributed by atoms with Gasteiger partial charge in [-0.3, -0.25) is 9.59 Å². The molecular weight excluding hydrogens is 416 g/mol. The van der Waals surface area contributed by atoms with Gasteiger partial charge in [-0.05, 0) is 40.2 Å². The Morgan fingerprint density at radius 2 is 1.44 bits per heavy atom. The third kappa shape index (κ3) is 5.13. The first-order valence-corrected chi connectivity index (χ1v) is 8.92. The van der Waals surface area contributed by atoms with E-state index in [0.29, 0.717) is 32.8 Å². The van der Waals surface area contributed by atoms with Gasteiger partial charge in [0, 0.05) is 23.1 Å². The molecule has 0 aliphatic heterocycles. The molecule has 0 spiro atoms. The van der Waals surface area contributed by atoms with Gasteiger partial charge in [0.25, 0.3) is 11.8 Å². The predicted octanol–water partition coefficient (Wildman–Crippen LogP) is 2.63. The van der Waals surface area contributed by atoms with Crippen molar-refractivity contribution in [2.45, 2.75) is 0 Å². The number of amides is 2. The van der Waals surface area contributed by atoms with Crippen LogP contribution in [0.2, 0.25) is 0 Å². The van der Waals surface area contributed by atoms with Gasteiger partial charge in [0.2, 0.25) is 5.75 Å².